The summed E-state index contributed by atoms with van der Waals surface area (Å²) in [6, 6.07) is 1.40. The van der Waals surface area contributed by atoms with Crippen LogP contribution in [0.25, 0.3) is 0 Å². The molecule has 5 nitrogen and oxygen atoms in total. The van der Waals surface area contributed by atoms with Crippen LogP contribution in [-0.4, -0.2) is 32.3 Å². The lowest BCUT2D eigenvalue weighted by Crippen LogP contribution is -2.28. The first-order chi connectivity index (χ1) is 8.82. The maximum absolute atomic E-state index is 12.3. The van der Waals surface area contributed by atoms with Crippen molar-refractivity contribution in [3.63, 3.8) is 0 Å². The Morgan fingerprint density at radius 2 is 2.26 bits per heavy atom. The minimum atomic E-state index is -3.75. The van der Waals surface area contributed by atoms with Crippen molar-refractivity contribution < 1.29 is 13.2 Å². The van der Waals surface area contributed by atoms with Crippen molar-refractivity contribution in [3.8, 4) is 0 Å². The third kappa shape index (κ3) is 2.98. The zero-order valence-corrected chi connectivity index (χ0v) is 12.7. The van der Waals surface area contributed by atoms with Gasteiger partial charge in [0, 0.05) is 18.0 Å². The molecule has 1 aromatic rings. The predicted octanol–water partition coefficient (Wildman–Crippen LogP) is 1.58. The van der Waals surface area contributed by atoms with Gasteiger partial charge >= 0.3 is 0 Å². The van der Waals surface area contributed by atoms with Gasteiger partial charge in [-0.3, -0.25) is 4.79 Å². The fraction of sp³-hybridized carbons (Fsp3) is 0.583. The van der Waals surface area contributed by atoms with Crippen LogP contribution in [0, 0.1) is 12.8 Å². The van der Waals surface area contributed by atoms with Crippen LogP contribution in [0.4, 0.5) is 0 Å². The second-order valence-electron chi connectivity index (χ2n) is 4.89. The molecule has 1 unspecified atom stereocenters. The Kier molecular flexibility index (Phi) is 3.98. The van der Waals surface area contributed by atoms with E-state index in [1.54, 1.807) is 11.8 Å². The Labute approximate surface area is 117 Å². The predicted molar refractivity (Wildman–Crippen MR) is 74.7 cm³/mol. The van der Waals surface area contributed by atoms with Gasteiger partial charge in [0.25, 0.3) is 5.91 Å². The summed E-state index contributed by atoms with van der Waals surface area (Å²) in [5, 5.41) is 5.12. The Morgan fingerprint density at radius 3 is 2.74 bits per heavy atom. The standard InChI is InChI=1S/C12H18N2O3S2/c1-3-9-4-5-14(7-9)12(15)10-6-11(8(2)18-10)19(13,16)17/h6,9H,3-5,7H2,1-2H3,(H2,13,16,17). The lowest BCUT2D eigenvalue weighted by molar-refractivity contribution is 0.0791. The maximum Gasteiger partial charge on any atom is 0.263 e. The SMILES string of the molecule is CCC1CCN(C(=O)c2cc(S(N)(=O)=O)c(C)s2)C1. The lowest BCUT2D eigenvalue weighted by atomic mass is 10.1. The third-order valence-corrected chi connectivity index (χ3v) is 5.74. The van der Waals surface area contributed by atoms with Crippen molar-refractivity contribution in [2.24, 2.45) is 11.1 Å². The van der Waals surface area contributed by atoms with E-state index in [0.717, 1.165) is 25.9 Å². The van der Waals surface area contributed by atoms with Gasteiger partial charge in [-0.05, 0) is 25.3 Å². The maximum atomic E-state index is 12.3. The Balaban J connectivity index is 2.22. The number of sulfonamides is 1. The summed E-state index contributed by atoms with van der Waals surface area (Å²) in [4.78, 5) is 15.2. The first-order valence-electron chi connectivity index (χ1n) is 6.25. The van der Waals surface area contributed by atoms with Gasteiger partial charge in [0.2, 0.25) is 10.0 Å². The molecule has 1 aliphatic rings. The van der Waals surface area contributed by atoms with E-state index >= 15 is 0 Å². The monoisotopic (exact) mass is 302 g/mol. The van der Waals surface area contributed by atoms with Gasteiger partial charge in [0.05, 0.1) is 9.77 Å². The molecule has 1 amide bonds. The zero-order valence-electron chi connectivity index (χ0n) is 11.0. The number of carbonyl (C=O) groups excluding carboxylic acids is 1. The number of nitrogens with zero attached hydrogens (tertiary/aromatic N) is 1. The van der Waals surface area contributed by atoms with Gasteiger partial charge in [-0.1, -0.05) is 13.3 Å². The smallest absolute Gasteiger partial charge is 0.263 e. The fourth-order valence-corrected chi connectivity index (χ4v) is 4.47. The minimum Gasteiger partial charge on any atom is -0.338 e. The molecule has 7 heteroatoms. The second-order valence-corrected chi connectivity index (χ2v) is 7.68. The molecule has 0 bridgehead atoms. The van der Waals surface area contributed by atoms with Crippen molar-refractivity contribution >= 4 is 27.3 Å². The van der Waals surface area contributed by atoms with Crippen molar-refractivity contribution in [2.45, 2.75) is 31.6 Å². The highest BCUT2D eigenvalue weighted by atomic mass is 32.2. The molecule has 0 aromatic carbocycles. The van der Waals surface area contributed by atoms with E-state index < -0.39 is 10.0 Å². The molecular formula is C12H18N2O3S2. The van der Waals surface area contributed by atoms with Crippen molar-refractivity contribution in [1.82, 2.24) is 4.90 Å². The number of hydrogen-bond acceptors (Lipinski definition) is 4. The fourth-order valence-electron chi connectivity index (χ4n) is 2.36. The normalized spacial score (nSPS) is 19.9. The van der Waals surface area contributed by atoms with Crippen molar-refractivity contribution in [3.05, 3.63) is 15.8 Å². The van der Waals surface area contributed by atoms with Crippen LogP contribution in [0.1, 0.15) is 34.3 Å². The van der Waals surface area contributed by atoms with Crippen LogP contribution >= 0.6 is 11.3 Å². The highest BCUT2D eigenvalue weighted by Gasteiger charge is 2.28. The first kappa shape index (κ1) is 14.5. The molecule has 0 radical (unpaired) electrons. The summed E-state index contributed by atoms with van der Waals surface area (Å²) >= 11 is 1.19. The van der Waals surface area contributed by atoms with Gasteiger partial charge in [0.15, 0.2) is 0 Å². The number of amides is 1. The molecule has 1 aliphatic heterocycles. The quantitative estimate of drug-likeness (QED) is 0.920. The van der Waals surface area contributed by atoms with Gasteiger partial charge in [0.1, 0.15) is 0 Å². The van der Waals surface area contributed by atoms with Crippen LogP contribution in [-0.2, 0) is 10.0 Å². The third-order valence-electron chi connectivity index (χ3n) is 3.54. The average molecular weight is 302 g/mol. The van der Waals surface area contributed by atoms with E-state index in [1.807, 2.05) is 0 Å². The molecule has 1 aromatic heterocycles. The number of thiophene rings is 1. The minimum absolute atomic E-state index is 0.0621. The molecule has 1 atom stereocenters. The summed E-state index contributed by atoms with van der Waals surface area (Å²) < 4.78 is 22.7. The number of carbonyl (C=O) groups is 1. The summed E-state index contributed by atoms with van der Waals surface area (Å²) in [6.45, 7) is 5.29. The van der Waals surface area contributed by atoms with Gasteiger partial charge < -0.3 is 4.90 Å². The Hall–Kier alpha value is -0.920. The number of aryl methyl sites for hydroxylation is 1. The topological polar surface area (TPSA) is 80.5 Å². The summed E-state index contributed by atoms with van der Waals surface area (Å²) in [6.07, 6.45) is 2.09. The second kappa shape index (κ2) is 5.22. The number of likely N-dealkylation sites (tertiary alicyclic amines) is 1. The zero-order chi connectivity index (χ0) is 14.2. The molecule has 2 rings (SSSR count). The summed E-state index contributed by atoms with van der Waals surface area (Å²) in [5.74, 6) is 0.474. The Bertz CT molecular complexity index is 592. The van der Waals surface area contributed by atoms with E-state index in [1.165, 1.54) is 17.4 Å². The van der Waals surface area contributed by atoms with Gasteiger partial charge in [-0.2, -0.15) is 0 Å². The van der Waals surface area contributed by atoms with Gasteiger partial charge in [-0.15, -0.1) is 11.3 Å². The van der Waals surface area contributed by atoms with E-state index in [-0.39, 0.29) is 10.8 Å². The molecular weight excluding hydrogens is 284 g/mol. The Morgan fingerprint density at radius 1 is 1.58 bits per heavy atom. The molecule has 0 spiro atoms. The largest absolute Gasteiger partial charge is 0.338 e. The molecule has 0 aliphatic carbocycles. The van der Waals surface area contributed by atoms with Crippen LogP contribution in [0.5, 0.6) is 0 Å². The molecule has 106 valence electrons. The molecule has 0 saturated carbocycles. The summed E-state index contributed by atoms with van der Waals surface area (Å²) in [7, 11) is -3.75. The molecule has 2 heterocycles. The lowest BCUT2D eigenvalue weighted by Gasteiger charge is -2.14. The summed E-state index contributed by atoms with van der Waals surface area (Å²) in [5.41, 5.74) is 0. The highest BCUT2D eigenvalue weighted by molar-refractivity contribution is 7.89. The number of nitrogens with two attached hydrogens (primary N) is 1. The van der Waals surface area contributed by atoms with Gasteiger partial charge in [-0.25, -0.2) is 13.6 Å². The van der Waals surface area contributed by atoms with E-state index in [9.17, 15) is 13.2 Å². The van der Waals surface area contributed by atoms with Crippen LogP contribution in [0.2, 0.25) is 0 Å². The highest BCUT2D eigenvalue weighted by Crippen LogP contribution is 2.28. The van der Waals surface area contributed by atoms with E-state index in [0.29, 0.717) is 15.7 Å². The molecule has 1 saturated heterocycles. The number of hydrogen-bond donors (Lipinski definition) is 1. The van der Waals surface area contributed by atoms with Crippen molar-refractivity contribution in [1.29, 1.82) is 0 Å². The van der Waals surface area contributed by atoms with Crippen LogP contribution in [0.15, 0.2) is 11.0 Å². The first-order valence-corrected chi connectivity index (χ1v) is 8.61. The van der Waals surface area contributed by atoms with Crippen LogP contribution < -0.4 is 5.14 Å². The average Bonchev–Trinajstić information content (AvgIpc) is 2.93. The van der Waals surface area contributed by atoms with Crippen molar-refractivity contribution in [2.75, 3.05) is 13.1 Å². The van der Waals surface area contributed by atoms with E-state index in [2.05, 4.69) is 6.92 Å². The van der Waals surface area contributed by atoms with E-state index in [4.69, 9.17) is 5.14 Å². The molecule has 2 N–H and O–H groups in total. The number of primary sulfonamides is 1. The van der Waals surface area contributed by atoms with Crippen LogP contribution in [0.3, 0.4) is 0 Å². The number of rotatable bonds is 3. The molecule has 19 heavy (non-hydrogen) atoms. The molecule has 1 fully saturated rings.